The zero-order valence-corrected chi connectivity index (χ0v) is 14.7. The van der Waals surface area contributed by atoms with Crippen molar-refractivity contribution < 1.29 is 14.3 Å². The Morgan fingerprint density at radius 3 is 2.54 bits per heavy atom. The monoisotopic (exact) mass is 347 g/mol. The van der Waals surface area contributed by atoms with Crippen LogP contribution in [-0.4, -0.2) is 56.2 Å². The molecule has 128 valence electrons. The number of nitrogens with zero attached hydrogens (tertiary/aromatic N) is 3. The van der Waals surface area contributed by atoms with Crippen molar-refractivity contribution in [1.29, 1.82) is 0 Å². The molecule has 1 aliphatic rings. The molecule has 1 aromatic carbocycles. The standard InChI is InChI=1S/C17H21N3O3S/c1-22-14-4-3-13(11-15(14)23-2)12-16(21)19-6-8-20(9-7-19)17-18-5-10-24-17/h3-5,10-11H,6-9,12H2,1-2H3. The highest BCUT2D eigenvalue weighted by Crippen LogP contribution is 2.28. The number of hydrogen-bond donors (Lipinski definition) is 0. The summed E-state index contributed by atoms with van der Waals surface area (Å²) in [7, 11) is 3.20. The zero-order valence-electron chi connectivity index (χ0n) is 13.9. The Kier molecular flexibility index (Phi) is 5.20. The number of hydrogen-bond acceptors (Lipinski definition) is 6. The lowest BCUT2D eigenvalue weighted by atomic mass is 10.1. The predicted octanol–water partition coefficient (Wildman–Crippen LogP) is 2.05. The molecular formula is C17H21N3O3S. The van der Waals surface area contributed by atoms with E-state index in [4.69, 9.17) is 9.47 Å². The van der Waals surface area contributed by atoms with E-state index in [1.54, 1.807) is 25.6 Å². The first kappa shape index (κ1) is 16.6. The van der Waals surface area contributed by atoms with Gasteiger partial charge in [-0.25, -0.2) is 4.98 Å². The first-order valence-corrected chi connectivity index (χ1v) is 8.72. The highest BCUT2D eigenvalue weighted by molar-refractivity contribution is 7.13. The molecule has 0 spiro atoms. The number of carbonyl (C=O) groups is 1. The number of piperazine rings is 1. The second-order valence-corrected chi connectivity index (χ2v) is 6.42. The van der Waals surface area contributed by atoms with Gasteiger partial charge in [-0.15, -0.1) is 11.3 Å². The molecule has 7 heteroatoms. The van der Waals surface area contributed by atoms with Crippen LogP contribution in [0.15, 0.2) is 29.8 Å². The first-order valence-electron chi connectivity index (χ1n) is 7.84. The molecular weight excluding hydrogens is 326 g/mol. The largest absolute Gasteiger partial charge is 0.493 e. The smallest absolute Gasteiger partial charge is 0.227 e. The van der Waals surface area contributed by atoms with Crippen molar-refractivity contribution in [1.82, 2.24) is 9.88 Å². The predicted molar refractivity (Wildman–Crippen MR) is 94.2 cm³/mol. The van der Waals surface area contributed by atoms with Crippen molar-refractivity contribution in [2.24, 2.45) is 0 Å². The second-order valence-electron chi connectivity index (χ2n) is 5.55. The Balaban J connectivity index is 1.58. The van der Waals surface area contributed by atoms with Crippen molar-refractivity contribution in [2.75, 3.05) is 45.3 Å². The van der Waals surface area contributed by atoms with Gasteiger partial charge < -0.3 is 19.3 Å². The van der Waals surface area contributed by atoms with Gasteiger partial charge in [-0.1, -0.05) is 6.07 Å². The number of carbonyl (C=O) groups excluding carboxylic acids is 1. The van der Waals surface area contributed by atoms with Gasteiger partial charge in [0.15, 0.2) is 16.6 Å². The number of ether oxygens (including phenoxy) is 2. The third-order valence-corrected chi connectivity index (χ3v) is 4.96. The van der Waals surface area contributed by atoms with Crippen LogP contribution in [0.3, 0.4) is 0 Å². The molecule has 0 atom stereocenters. The van der Waals surface area contributed by atoms with E-state index in [1.165, 1.54) is 0 Å². The quantitative estimate of drug-likeness (QED) is 0.829. The molecule has 0 N–H and O–H groups in total. The Bertz CT molecular complexity index is 682. The van der Waals surface area contributed by atoms with Gasteiger partial charge in [0, 0.05) is 37.8 Å². The SMILES string of the molecule is COc1ccc(CC(=O)N2CCN(c3nccs3)CC2)cc1OC. The van der Waals surface area contributed by atoms with E-state index in [9.17, 15) is 4.79 Å². The Hall–Kier alpha value is -2.28. The summed E-state index contributed by atoms with van der Waals surface area (Å²) in [5.74, 6) is 1.46. The zero-order chi connectivity index (χ0) is 16.9. The van der Waals surface area contributed by atoms with E-state index in [0.29, 0.717) is 17.9 Å². The van der Waals surface area contributed by atoms with Gasteiger partial charge >= 0.3 is 0 Å². The molecule has 1 aliphatic heterocycles. The molecule has 1 amide bonds. The summed E-state index contributed by atoms with van der Waals surface area (Å²) in [4.78, 5) is 21.0. The average Bonchev–Trinajstić information content (AvgIpc) is 3.16. The van der Waals surface area contributed by atoms with Crippen LogP contribution in [-0.2, 0) is 11.2 Å². The number of amides is 1. The summed E-state index contributed by atoms with van der Waals surface area (Å²) >= 11 is 1.63. The maximum Gasteiger partial charge on any atom is 0.227 e. The summed E-state index contributed by atoms with van der Waals surface area (Å²) in [6.07, 6.45) is 2.19. The van der Waals surface area contributed by atoms with E-state index >= 15 is 0 Å². The minimum Gasteiger partial charge on any atom is -0.493 e. The van der Waals surface area contributed by atoms with Crippen LogP contribution in [0.4, 0.5) is 5.13 Å². The van der Waals surface area contributed by atoms with Crippen molar-refractivity contribution >= 4 is 22.4 Å². The van der Waals surface area contributed by atoms with Crippen LogP contribution in [0, 0.1) is 0 Å². The maximum atomic E-state index is 12.5. The third kappa shape index (κ3) is 3.62. The van der Waals surface area contributed by atoms with Gasteiger partial charge in [0.1, 0.15) is 0 Å². The van der Waals surface area contributed by atoms with Gasteiger partial charge in [-0.05, 0) is 17.7 Å². The lowest BCUT2D eigenvalue weighted by Gasteiger charge is -2.34. The van der Waals surface area contributed by atoms with Gasteiger partial charge in [0.05, 0.1) is 20.6 Å². The molecule has 6 nitrogen and oxygen atoms in total. The van der Waals surface area contributed by atoms with Gasteiger partial charge in [-0.2, -0.15) is 0 Å². The summed E-state index contributed by atoms with van der Waals surface area (Å²) < 4.78 is 10.5. The Morgan fingerprint density at radius 2 is 1.92 bits per heavy atom. The van der Waals surface area contributed by atoms with Gasteiger partial charge in [0.2, 0.25) is 5.91 Å². The van der Waals surface area contributed by atoms with Crippen LogP contribution in [0.1, 0.15) is 5.56 Å². The Labute approximate surface area is 145 Å². The van der Waals surface area contributed by atoms with Gasteiger partial charge in [-0.3, -0.25) is 4.79 Å². The lowest BCUT2D eigenvalue weighted by molar-refractivity contribution is -0.130. The molecule has 0 radical (unpaired) electrons. The molecule has 0 saturated carbocycles. The summed E-state index contributed by atoms with van der Waals surface area (Å²) in [5, 5.41) is 3.01. The van der Waals surface area contributed by atoms with Crippen molar-refractivity contribution in [2.45, 2.75) is 6.42 Å². The molecule has 3 rings (SSSR count). The number of thiazole rings is 1. The first-order chi connectivity index (χ1) is 11.7. The number of anilines is 1. The molecule has 0 aliphatic carbocycles. The highest BCUT2D eigenvalue weighted by Gasteiger charge is 2.22. The highest BCUT2D eigenvalue weighted by atomic mass is 32.1. The van der Waals surface area contributed by atoms with Crippen LogP contribution in [0.2, 0.25) is 0 Å². The number of aromatic nitrogens is 1. The van der Waals surface area contributed by atoms with Crippen LogP contribution < -0.4 is 14.4 Å². The fourth-order valence-electron chi connectivity index (χ4n) is 2.80. The summed E-state index contributed by atoms with van der Waals surface area (Å²) in [6, 6.07) is 5.61. The van der Waals surface area contributed by atoms with Crippen molar-refractivity contribution in [3.8, 4) is 11.5 Å². The Morgan fingerprint density at radius 1 is 1.17 bits per heavy atom. The average molecular weight is 347 g/mol. The summed E-state index contributed by atoms with van der Waals surface area (Å²) in [5.41, 5.74) is 0.931. The number of benzene rings is 1. The minimum atomic E-state index is 0.140. The topological polar surface area (TPSA) is 54.9 Å². The second kappa shape index (κ2) is 7.53. The van der Waals surface area contributed by atoms with Gasteiger partial charge in [0.25, 0.3) is 0 Å². The van der Waals surface area contributed by atoms with Crippen LogP contribution in [0.25, 0.3) is 0 Å². The maximum absolute atomic E-state index is 12.5. The molecule has 0 unspecified atom stereocenters. The molecule has 24 heavy (non-hydrogen) atoms. The molecule has 2 heterocycles. The van der Waals surface area contributed by atoms with E-state index in [0.717, 1.165) is 36.9 Å². The van der Waals surface area contributed by atoms with Crippen molar-refractivity contribution in [3.63, 3.8) is 0 Å². The van der Waals surface area contributed by atoms with E-state index in [1.807, 2.05) is 34.7 Å². The molecule has 1 aromatic heterocycles. The van der Waals surface area contributed by atoms with Crippen LogP contribution in [0.5, 0.6) is 11.5 Å². The minimum absolute atomic E-state index is 0.140. The summed E-state index contributed by atoms with van der Waals surface area (Å²) in [6.45, 7) is 3.10. The molecule has 0 bridgehead atoms. The number of methoxy groups -OCH3 is 2. The van der Waals surface area contributed by atoms with E-state index in [-0.39, 0.29) is 5.91 Å². The third-order valence-electron chi connectivity index (χ3n) is 4.13. The van der Waals surface area contributed by atoms with E-state index in [2.05, 4.69) is 9.88 Å². The normalized spacial score (nSPS) is 14.6. The van der Waals surface area contributed by atoms with Crippen molar-refractivity contribution in [3.05, 3.63) is 35.3 Å². The van der Waals surface area contributed by atoms with E-state index < -0.39 is 0 Å². The molecule has 1 fully saturated rings. The number of rotatable bonds is 5. The molecule has 1 saturated heterocycles. The fraction of sp³-hybridized carbons (Fsp3) is 0.412. The fourth-order valence-corrected chi connectivity index (χ4v) is 3.49. The lowest BCUT2D eigenvalue weighted by Crippen LogP contribution is -2.49. The molecule has 2 aromatic rings. The van der Waals surface area contributed by atoms with Crippen LogP contribution >= 0.6 is 11.3 Å².